The lowest BCUT2D eigenvalue weighted by Crippen LogP contribution is -2.29. The second-order valence-electron chi connectivity index (χ2n) is 5.15. The van der Waals surface area contributed by atoms with Crippen molar-refractivity contribution in [3.63, 3.8) is 0 Å². The van der Waals surface area contributed by atoms with Gasteiger partial charge in [0.1, 0.15) is 11.5 Å². The van der Waals surface area contributed by atoms with E-state index in [0.29, 0.717) is 24.3 Å². The second kappa shape index (κ2) is 5.59. The molecule has 0 aliphatic heterocycles. The van der Waals surface area contributed by atoms with Crippen molar-refractivity contribution in [2.24, 2.45) is 7.05 Å². The zero-order valence-corrected chi connectivity index (χ0v) is 13.1. The number of anilines is 1. The van der Waals surface area contributed by atoms with Crippen molar-refractivity contribution < 1.29 is 9.32 Å². The molecule has 0 saturated carbocycles. The predicted molar refractivity (Wildman–Crippen MR) is 78.8 cm³/mol. The van der Waals surface area contributed by atoms with Crippen molar-refractivity contribution in [1.29, 1.82) is 0 Å². The molecule has 7 nitrogen and oxygen atoms in total. The average Bonchev–Trinajstić information content (AvgIpc) is 2.91. The Labute approximate surface area is 123 Å². The van der Waals surface area contributed by atoms with E-state index in [1.807, 2.05) is 20.8 Å². The smallest absolute Gasteiger partial charge is 0.274 e. The molecule has 1 amide bonds. The molecule has 2 heterocycles. The van der Waals surface area contributed by atoms with Gasteiger partial charge in [-0.3, -0.25) is 9.48 Å². The van der Waals surface area contributed by atoms with Gasteiger partial charge in [-0.2, -0.15) is 5.10 Å². The van der Waals surface area contributed by atoms with Gasteiger partial charge in [-0.1, -0.05) is 12.1 Å². The molecule has 21 heavy (non-hydrogen) atoms. The summed E-state index contributed by atoms with van der Waals surface area (Å²) in [6, 6.07) is 0. The summed E-state index contributed by atoms with van der Waals surface area (Å²) in [6.45, 7) is 6.08. The summed E-state index contributed by atoms with van der Waals surface area (Å²) in [5.74, 6) is 0.557. The molecule has 0 atom stereocenters. The third-order valence-electron chi connectivity index (χ3n) is 3.62. The molecule has 0 aliphatic carbocycles. The normalized spacial score (nSPS) is 10.9. The minimum atomic E-state index is -0.165. The van der Waals surface area contributed by atoms with Crippen LogP contribution in [-0.4, -0.2) is 32.8 Å². The standard InChI is InChI=1S/C14H21N5O2/c1-6-11-12(15)13(19(5)16-11)14(20)18(4)7-10-8(2)17-21-9(10)3/h6-7,15H2,1-5H3. The molecule has 0 spiro atoms. The van der Waals surface area contributed by atoms with E-state index in [2.05, 4.69) is 10.3 Å². The Balaban J connectivity index is 2.26. The van der Waals surface area contributed by atoms with E-state index in [1.165, 1.54) is 0 Å². The van der Waals surface area contributed by atoms with Crippen LogP contribution in [0.15, 0.2) is 4.52 Å². The van der Waals surface area contributed by atoms with Gasteiger partial charge in [-0.05, 0) is 20.3 Å². The van der Waals surface area contributed by atoms with Crippen molar-refractivity contribution in [2.45, 2.75) is 33.7 Å². The highest BCUT2D eigenvalue weighted by molar-refractivity contribution is 5.97. The fraction of sp³-hybridized carbons (Fsp3) is 0.500. The van der Waals surface area contributed by atoms with Gasteiger partial charge in [0.05, 0.1) is 23.6 Å². The number of nitrogen functional groups attached to an aromatic ring is 1. The molecular formula is C14H21N5O2. The number of amides is 1. The summed E-state index contributed by atoms with van der Waals surface area (Å²) in [4.78, 5) is 14.2. The van der Waals surface area contributed by atoms with Crippen LogP contribution in [0.3, 0.4) is 0 Å². The number of rotatable bonds is 4. The highest BCUT2D eigenvalue weighted by Gasteiger charge is 2.23. The lowest BCUT2D eigenvalue weighted by molar-refractivity contribution is 0.0774. The molecule has 2 N–H and O–H groups in total. The molecule has 114 valence electrons. The van der Waals surface area contributed by atoms with Crippen LogP contribution in [0, 0.1) is 13.8 Å². The van der Waals surface area contributed by atoms with E-state index in [9.17, 15) is 4.79 Å². The first-order chi connectivity index (χ1) is 9.86. The maximum atomic E-state index is 12.6. The first-order valence-electron chi connectivity index (χ1n) is 6.85. The summed E-state index contributed by atoms with van der Waals surface area (Å²) >= 11 is 0. The molecule has 0 bridgehead atoms. The third kappa shape index (κ3) is 2.63. The van der Waals surface area contributed by atoms with Crippen molar-refractivity contribution in [2.75, 3.05) is 12.8 Å². The van der Waals surface area contributed by atoms with Gasteiger partial charge in [0, 0.05) is 19.7 Å². The topological polar surface area (TPSA) is 90.2 Å². The Morgan fingerprint density at radius 3 is 2.57 bits per heavy atom. The van der Waals surface area contributed by atoms with E-state index in [4.69, 9.17) is 10.3 Å². The molecule has 0 saturated heterocycles. The maximum Gasteiger partial charge on any atom is 0.274 e. The molecule has 0 fully saturated rings. The third-order valence-corrected chi connectivity index (χ3v) is 3.62. The van der Waals surface area contributed by atoms with Gasteiger partial charge in [0.25, 0.3) is 5.91 Å². The lowest BCUT2D eigenvalue weighted by atomic mass is 10.2. The van der Waals surface area contributed by atoms with Crippen LogP contribution >= 0.6 is 0 Å². The highest BCUT2D eigenvalue weighted by Crippen LogP contribution is 2.20. The Kier molecular flexibility index (Phi) is 4.02. The van der Waals surface area contributed by atoms with Crippen LogP contribution in [0.25, 0.3) is 0 Å². The minimum Gasteiger partial charge on any atom is -0.395 e. The Bertz CT molecular complexity index is 652. The van der Waals surface area contributed by atoms with Gasteiger partial charge in [0.2, 0.25) is 0 Å². The van der Waals surface area contributed by atoms with Crippen LogP contribution in [0.4, 0.5) is 5.69 Å². The number of hydrogen-bond donors (Lipinski definition) is 1. The van der Waals surface area contributed by atoms with Crippen LogP contribution in [-0.2, 0) is 20.0 Å². The number of aryl methyl sites for hydroxylation is 4. The van der Waals surface area contributed by atoms with Gasteiger partial charge >= 0.3 is 0 Å². The van der Waals surface area contributed by atoms with Gasteiger partial charge in [-0.25, -0.2) is 0 Å². The predicted octanol–water partition coefficient (Wildman–Crippen LogP) is 1.44. The Morgan fingerprint density at radius 1 is 1.43 bits per heavy atom. The van der Waals surface area contributed by atoms with Crippen molar-refractivity contribution >= 4 is 11.6 Å². The zero-order chi connectivity index (χ0) is 15.7. The van der Waals surface area contributed by atoms with E-state index in [0.717, 1.165) is 22.7 Å². The molecular weight excluding hydrogens is 270 g/mol. The number of hydrogen-bond acceptors (Lipinski definition) is 5. The van der Waals surface area contributed by atoms with Gasteiger partial charge in [-0.15, -0.1) is 0 Å². The molecule has 0 aromatic carbocycles. The zero-order valence-electron chi connectivity index (χ0n) is 13.1. The molecule has 2 aromatic rings. The maximum absolute atomic E-state index is 12.6. The van der Waals surface area contributed by atoms with Crippen molar-refractivity contribution in [1.82, 2.24) is 19.8 Å². The first-order valence-corrected chi connectivity index (χ1v) is 6.85. The molecule has 0 aliphatic rings. The van der Waals surface area contributed by atoms with Crippen molar-refractivity contribution in [3.8, 4) is 0 Å². The summed E-state index contributed by atoms with van der Waals surface area (Å²) < 4.78 is 6.66. The fourth-order valence-electron chi connectivity index (χ4n) is 2.33. The lowest BCUT2D eigenvalue weighted by Gasteiger charge is -2.17. The average molecular weight is 291 g/mol. The molecule has 0 unspecified atom stereocenters. The van der Waals surface area contributed by atoms with Crippen LogP contribution < -0.4 is 5.73 Å². The highest BCUT2D eigenvalue weighted by atomic mass is 16.5. The van der Waals surface area contributed by atoms with E-state index < -0.39 is 0 Å². The molecule has 7 heteroatoms. The van der Waals surface area contributed by atoms with Crippen LogP contribution in [0.2, 0.25) is 0 Å². The monoisotopic (exact) mass is 291 g/mol. The molecule has 2 aromatic heterocycles. The van der Waals surface area contributed by atoms with Crippen LogP contribution in [0.1, 0.15) is 40.1 Å². The van der Waals surface area contributed by atoms with Crippen LogP contribution in [0.5, 0.6) is 0 Å². The number of aromatic nitrogens is 3. The molecule has 2 rings (SSSR count). The quantitative estimate of drug-likeness (QED) is 0.920. The largest absolute Gasteiger partial charge is 0.395 e. The van der Waals surface area contributed by atoms with E-state index in [-0.39, 0.29) is 5.91 Å². The summed E-state index contributed by atoms with van der Waals surface area (Å²) in [5, 5.41) is 8.18. The summed E-state index contributed by atoms with van der Waals surface area (Å²) in [5.41, 5.74) is 9.35. The number of nitrogens with zero attached hydrogens (tertiary/aromatic N) is 4. The minimum absolute atomic E-state index is 0.165. The summed E-state index contributed by atoms with van der Waals surface area (Å²) in [7, 11) is 3.46. The Hall–Kier alpha value is -2.31. The van der Waals surface area contributed by atoms with E-state index >= 15 is 0 Å². The first kappa shape index (κ1) is 15.1. The number of carbonyl (C=O) groups is 1. The SMILES string of the molecule is CCc1nn(C)c(C(=O)N(C)Cc2c(C)noc2C)c1N. The Morgan fingerprint density at radius 2 is 2.10 bits per heavy atom. The van der Waals surface area contributed by atoms with Gasteiger partial charge < -0.3 is 15.2 Å². The molecule has 0 radical (unpaired) electrons. The second-order valence-corrected chi connectivity index (χ2v) is 5.15. The fourth-order valence-corrected chi connectivity index (χ4v) is 2.33. The number of nitrogens with two attached hydrogens (primary N) is 1. The number of carbonyl (C=O) groups excluding carboxylic acids is 1. The van der Waals surface area contributed by atoms with E-state index in [1.54, 1.807) is 23.7 Å². The summed E-state index contributed by atoms with van der Waals surface area (Å²) in [6.07, 6.45) is 0.695. The van der Waals surface area contributed by atoms with Crippen molar-refractivity contribution in [3.05, 3.63) is 28.4 Å². The van der Waals surface area contributed by atoms with Gasteiger partial charge in [0.15, 0.2) is 0 Å².